The summed E-state index contributed by atoms with van der Waals surface area (Å²) in [7, 11) is 0. The molecule has 24 heavy (non-hydrogen) atoms. The van der Waals surface area contributed by atoms with Gasteiger partial charge in [0.1, 0.15) is 5.03 Å². The quantitative estimate of drug-likeness (QED) is 0.463. The van der Waals surface area contributed by atoms with Gasteiger partial charge in [-0.3, -0.25) is 0 Å². The summed E-state index contributed by atoms with van der Waals surface area (Å²) < 4.78 is 3.53. The van der Waals surface area contributed by atoms with Crippen LogP contribution in [0.3, 0.4) is 0 Å². The van der Waals surface area contributed by atoms with Gasteiger partial charge in [-0.1, -0.05) is 18.2 Å². The van der Waals surface area contributed by atoms with Crippen molar-refractivity contribution in [3.63, 3.8) is 0 Å². The molecule has 5 rings (SSSR count). The topological polar surface area (TPSA) is 73.3 Å². The van der Waals surface area contributed by atoms with E-state index in [-0.39, 0.29) is 0 Å². The van der Waals surface area contributed by atoms with Crippen molar-refractivity contribution >= 4 is 34.1 Å². The zero-order chi connectivity index (χ0) is 16.1. The van der Waals surface area contributed by atoms with Gasteiger partial charge in [-0.2, -0.15) is 10.1 Å². The molecule has 0 atom stereocenters. The lowest BCUT2D eigenvalue weighted by atomic mass is 10.2. The standard InChI is InChI=1S/C16H11N7S/c1-10-9-13-18-14(11-5-2-3-6-12(11)23(13)20-10)24-16-19-15-17-7-4-8-22(15)21-16/h2-9H,1H3. The highest BCUT2D eigenvalue weighted by molar-refractivity contribution is 7.99. The third-order valence-electron chi connectivity index (χ3n) is 3.68. The molecule has 4 heterocycles. The van der Waals surface area contributed by atoms with Crippen molar-refractivity contribution in [2.24, 2.45) is 0 Å². The van der Waals surface area contributed by atoms with Crippen LogP contribution in [0.1, 0.15) is 5.69 Å². The van der Waals surface area contributed by atoms with Crippen LogP contribution < -0.4 is 0 Å². The fraction of sp³-hybridized carbons (Fsp3) is 0.0625. The van der Waals surface area contributed by atoms with E-state index in [1.54, 1.807) is 10.7 Å². The van der Waals surface area contributed by atoms with Gasteiger partial charge in [0.25, 0.3) is 5.78 Å². The Bertz CT molecular complexity index is 1170. The summed E-state index contributed by atoms with van der Waals surface area (Å²) >= 11 is 1.43. The second kappa shape index (κ2) is 5.00. The molecule has 0 aliphatic heterocycles. The fourth-order valence-electron chi connectivity index (χ4n) is 2.67. The van der Waals surface area contributed by atoms with Crippen LogP contribution in [0.15, 0.2) is 59.0 Å². The molecular weight excluding hydrogens is 322 g/mol. The average Bonchev–Trinajstić information content (AvgIpc) is 3.17. The summed E-state index contributed by atoms with van der Waals surface area (Å²) in [5, 5.41) is 11.5. The largest absolute Gasteiger partial charge is 0.253 e. The monoisotopic (exact) mass is 333 g/mol. The maximum absolute atomic E-state index is 4.74. The Labute approximate surface area is 140 Å². The van der Waals surface area contributed by atoms with E-state index in [0.717, 1.165) is 27.3 Å². The van der Waals surface area contributed by atoms with Gasteiger partial charge < -0.3 is 0 Å². The van der Waals surface area contributed by atoms with Gasteiger partial charge in [-0.15, -0.1) is 5.10 Å². The smallest absolute Gasteiger partial charge is 0.221 e. The number of benzene rings is 1. The molecule has 0 bridgehead atoms. The Morgan fingerprint density at radius 3 is 2.88 bits per heavy atom. The maximum atomic E-state index is 4.74. The van der Waals surface area contributed by atoms with E-state index in [9.17, 15) is 0 Å². The number of hydrogen-bond donors (Lipinski definition) is 0. The zero-order valence-corrected chi connectivity index (χ0v) is 13.5. The molecule has 0 saturated carbocycles. The molecule has 4 aromatic heterocycles. The van der Waals surface area contributed by atoms with Gasteiger partial charge in [-0.25, -0.2) is 19.0 Å². The lowest BCUT2D eigenvalue weighted by Crippen LogP contribution is -1.96. The molecule has 5 aromatic rings. The Morgan fingerprint density at radius 2 is 1.96 bits per heavy atom. The summed E-state index contributed by atoms with van der Waals surface area (Å²) in [4.78, 5) is 13.4. The molecule has 8 heteroatoms. The van der Waals surface area contributed by atoms with Crippen LogP contribution >= 0.6 is 11.8 Å². The van der Waals surface area contributed by atoms with E-state index in [1.165, 1.54) is 11.8 Å². The van der Waals surface area contributed by atoms with Crippen LogP contribution in [0, 0.1) is 6.92 Å². The summed E-state index contributed by atoms with van der Waals surface area (Å²) in [6, 6.07) is 11.9. The van der Waals surface area contributed by atoms with Gasteiger partial charge in [-0.05, 0) is 30.8 Å². The third kappa shape index (κ3) is 2.04. The van der Waals surface area contributed by atoms with Crippen molar-refractivity contribution < 1.29 is 0 Å². The van der Waals surface area contributed by atoms with Gasteiger partial charge in [0, 0.05) is 23.8 Å². The average molecular weight is 333 g/mol. The SMILES string of the molecule is Cc1cc2nc(Sc3nc4ncccn4n3)c3ccccc3n2n1. The van der Waals surface area contributed by atoms with Crippen LogP contribution in [0.4, 0.5) is 0 Å². The number of para-hydroxylation sites is 1. The molecule has 7 nitrogen and oxygen atoms in total. The fourth-order valence-corrected chi connectivity index (χ4v) is 3.52. The molecule has 0 radical (unpaired) electrons. The molecular formula is C16H11N7S. The second-order valence-corrected chi connectivity index (χ2v) is 6.31. The molecule has 0 amide bonds. The first-order chi connectivity index (χ1) is 11.8. The van der Waals surface area contributed by atoms with Gasteiger partial charge >= 0.3 is 0 Å². The number of aromatic nitrogens is 7. The van der Waals surface area contributed by atoms with E-state index in [0.29, 0.717) is 10.9 Å². The lowest BCUT2D eigenvalue weighted by Gasteiger charge is -2.05. The molecule has 0 fully saturated rings. The molecule has 0 saturated heterocycles. The van der Waals surface area contributed by atoms with Crippen molar-refractivity contribution in [3.8, 4) is 0 Å². The molecule has 0 N–H and O–H groups in total. The number of hydrogen-bond acceptors (Lipinski definition) is 6. The Balaban J connectivity index is 1.72. The van der Waals surface area contributed by atoms with Gasteiger partial charge in [0.2, 0.25) is 5.16 Å². The zero-order valence-electron chi connectivity index (χ0n) is 12.7. The van der Waals surface area contributed by atoms with E-state index >= 15 is 0 Å². The first-order valence-corrected chi connectivity index (χ1v) is 8.20. The van der Waals surface area contributed by atoms with E-state index in [1.807, 2.05) is 54.0 Å². The van der Waals surface area contributed by atoms with E-state index < -0.39 is 0 Å². The van der Waals surface area contributed by atoms with Gasteiger partial charge in [0.05, 0.1) is 11.2 Å². The molecule has 0 aliphatic rings. The van der Waals surface area contributed by atoms with Crippen molar-refractivity contribution in [3.05, 3.63) is 54.5 Å². The van der Waals surface area contributed by atoms with Crippen molar-refractivity contribution in [1.82, 2.24) is 34.2 Å². The maximum Gasteiger partial charge on any atom is 0.253 e. The number of fused-ring (bicyclic) bond motifs is 4. The Morgan fingerprint density at radius 1 is 1.04 bits per heavy atom. The minimum Gasteiger partial charge on any atom is -0.221 e. The van der Waals surface area contributed by atoms with E-state index in [4.69, 9.17) is 4.98 Å². The summed E-state index contributed by atoms with van der Waals surface area (Å²) in [5.41, 5.74) is 2.76. The highest BCUT2D eigenvalue weighted by Gasteiger charge is 2.14. The Kier molecular flexibility index (Phi) is 2.80. The van der Waals surface area contributed by atoms with Crippen LogP contribution in [-0.2, 0) is 0 Å². The first-order valence-electron chi connectivity index (χ1n) is 7.38. The minimum absolute atomic E-state index is 0.575. The third-order valence-corrected chi connectivity index (χ3v) is 4.54. The molecule has 0 aliphatic carbocycles. The van der Waals surface area contributed by atoms with Crippen LogP contribution in [0.25, 0.3) is 22.3 Å². The Hall–Kier alpha value is -3.00. The first kappa shape index (κ1) is 13.4. The highest BCUT2D eigenvalue weighted by Crippen LogP contribution is 2.31. The van der Waals surface area contributed by atoms with Gasteiger partial charge in [0.15, 0.2) is 5.65 Å². The minimum atomic E-state index is 0.575. The molecule has 0 spiro atoms. The summed E-state index contributed by atoms with van der Waals surface area (Å²) in [5.74, 6) is 0.575. The van der Waals surface area contributed by atoms with Crippen molar-refractivity contribution in [1.29, 1.82) is 0 Å². The van der Waals surface area contributed by atoms with Crippen molar-refractivity contribution in [2.45, 2.75) is 17.1 Å². The van der Waals surface area contributed by atoms with Crippen molar-refractivity contribution in [2.75, 3.05) is 0 Å². The van der Waals surface area contributed by atoms with Crippen LogP contribution in [0.2, 0.25) is 0 Å². The predicted octanol–water partition coefficient (Wildman–Crippen LogP) is 2.78. The predicted molar refractivity (Wildman–Crippen MR) is 90.1 cm³/mol. The normalized spacial score (nSPS) is 11.7. The lowest BCUT2D eigenvalue weighted by molar-refractivity contribution is 0.877. The molecule has 116 valence electrons. The summed E-state index contributed by atoms with van der Waals surface area (Å²) in [6.45, 7) is 1.96. The second-order valence-electron chi connectivity index (χ2n) is 5.35. The number of aryl methyl sites for hydroxylation is 1. The van der Waals surface area contributed by atoms with Crippen LogP contribution in [-0.4, -0.2) is 34.2 Å². The van der Waals surface area contributed by atoms with E-state index in [2.05, 4.69) is 20.2 Å². The summed E-state index contributed by atoms with van der Waals surface area (Å²) in [6.07, 6.45) is 3.53. The molecule has 0 unspecified atom stereocenters. The highest BCUT2D eigenvalue weighted by atomic mass is 32.2. The number of nitrogens with zero attached hydrogens (tertiary/aromatic N) is 7. The van der Waals surface area contributed by atoms with Crippen LogP contribution in [0.5, 0.6) is 0 Å². The number of rotatable bonds is 2. The molecule has 1 aromatic carbocycles.